The van der Waals surface area contributed by atoms with Crippen LogP contribution in [0.15, 0.2) is 53.4 Å². The minimum atomic E-state index is -3.82. The Bertz CT molecular complexity index is 1310. The number of primary sulfonamides is 1. The summed E-state index contributed by atoms with van der Waals surface area (Å²) in [5, 5.41) is 8.31. The molecule has 0 bridgehead atoms. The summed E-state index contributed by atoms with van der Waals surface area (Å²) in [5.41, 5.74) is 3.19. The van der Waals surface area contributed by atoms with Crippen molar-refractivity contribution >= 4 is 38.5 Å². The second-order valence-electron chi connectivity index (χ2n) is 7.61. The van der Waals surface area contributed by atoms with Crippen LogP contribution in [-0.4, -0.2) is 50.4 Å². The number of sulfonamides is 1. The molecular formula is C22H22N4O5S. The smallest absolute Gasteiger partial charge is 0.339 e. The number of nitrogens with two attached hydrogens (primary N) is 1. The quantitative estimate of drug-likeness (QED) is 0.561. The molecule has 32 heavy (non-hydrogen) atoms. The van der Waals surface area contributed by atoms with Gasteiger partial charge in [0, 0.05) is 41.8 Å². The van der Waals surface area contributed by atoms with Gasteiger partial charge in [-0.25, -0.2) is 18.4 Å². The van der Waals surface area contributed by atoms with Crippen LogP contribution in [0.4, 0.5) is 5.69 Å². The predicted molar refractivity (Wildman–Crippen MR) is 119 cm³/mol. The lowest BCUT2D eigenvalue weighted by Crippen LogP contribution is -2.30. The fraction of sp³-hybridized carbons (Fsp3) is 0.227. The molecule has 166 valence electrons. The van der Waals surface area contributed by atoms with Crippen molar-refractivity contribution in [1.29, 1.82) is 0 Å². The number of anilines is 1. The van der Waals surface area contributed by atoms with E-state index < -0.39 is 28.5 Å². The van der Waals surface area contributed by atoms with Crippen LogP contribution in [0.3, 0.4) is 0 Å². The summed E-state index contributed by atoms with van der Waals surface area (Å²) >= 11 is 0. The first-order valence-electron chi connectivity index (χ1n) is 9.91. The van der Waals surface area contributed by atoms with Gasteiger partial charge in [0.2, 0.25) is 10.0 Å². The molecule has 1 aromatic heterocycles. The number of aromatic nitrogens is 1. The molecule has 0 saturated carbocycles. The lowest BCUT2D eigenvalue weighted by Gasteiger charge is -2.26. The molecule has 0 saturated heterocycles. The highest BCUT2D eigenvalue weighted by molar-refractivity contribution is 7.89. The largest absolute Gasteiger partial charge is 0.452 e. The van der Waals surface area contributed by atoms with E-state index in [1.54, 1.807) is 0 Å². The van der Waals surface area contributed by atoms with Crippen LogP contribution < -0.4 is 10.5 Å². The van der Waals surface area contributed by atoms with Gasteiger partial charge in [-0.3, -0.25) is 9.78 Å². The molecule has 3 aromatic rings. The van der Waals surface area contributed by atoms with Crippen LogP contribution in [0.25, 0.3) is 10.9 Å². The number of carbonyl (C=O) groups is 2. The molecule has 2 aromatic carbocycles. The highest BCUT2D eigenvalue weighted by Gasteiger charge is 2.25. The zero-order chi connectivity index (χ0) is 22.9. The number of fused-ring (bicyclic) bond motifs is 2. The van der Waals surface area contributed by atoms with Crippen molar-refractivity contribution < 1.29 is 22.7 Å². The van der Waals surface area contributed by atoms with Gasteiger partial charge in [0.25, 0.3) is 5.91 Å². The molecule has 0 atom stereocenters. The van der Waals surface area contributed by atoms with Crippen LogP contribution in [0.5, 0.6) is 0 Å². The van der Waals surface area contributed by atoms with Crippen molar-refractivity contribution in [2.24, 2.45) is 5.14 Å². The number of rotatable bonds is 5. The Morgan fingerprint density at radius 2 is 1.88 bits per heavy atom. The standard InChI is InChI=1S/C22H22N4O5S/c1-26-11-10-19-17(12-26)21(16-4-2-3-5-18(16)25-19)22(28)31-13-20(27)24-14-6-8-15(9-7-14)32(23,29)30/h2-9H,10-13H2,1H3,(H,24,27)(H2,23,29,30). The van der Waals surface area contributed by atoms with Crippen LogP contribution in [0.2, 0.25) is 0 Å². The second-order valence-corrected chi connectivity index (χ2v) is 9.17. The second kappa shape index (κ2) is 8.65. The highest BCUT2D eigenvalue weighted by Crippen LogP contribution is 2.28. The summed E-state index contributed by atoms with van der Waals surface area (Å²) in [6.07, 6.45) is 0.728. The molecule has 2 heterocycles. The van der Waals surface area contributed by atoms with E-state index in [0.717, 1.165) is 24.2 Å². The molecule has 10 heteroatoms. The Morgan fingerprint density at radius 1 is 1.16 bits per heavy atom. The first-order chi connectivity index (χ1) is 15.2. The molecule has 9 nitrogen and oxygen atoms in total. The van der Waals surface area contributed by atoms with Crippen molar-refractivity contribution in [3.8, 4) is 0 Å². The first-order valence-corrected chi connectivity index (χ1v) is 11.5. The number of likely N-dealkylation sites (N-methyl/N-ethyl adjacent to an activating group) is 1. The van der Waals surface area contributed by atoms with Gasteiger partial charge in [0.15, 0.2) is 6.61 Å². The zero-order valence-corrected chi connectivity index (χ0v) is 18.2. The molecule has 4 rings (SSSR count). The summed E-state index contributed by atoms with van der Waals surface area (Å²) in [4.78, 5) is 32.0. The summed E-state index contributed by atoms with van der Waals surface area (Å²) in [7, 11) is -1.85. The maximum absolute atomic E-state index is 13.0. The number of carbonyl (C=O) groups excluding carboxylic acids is 2. The summed E-state index contributed by atoms with van der Waals surface area (Å²) in [5.74, 6) is -1.14. The van der Waals surface area contributed by atoms with E-state index >= 15 is 0 Å². The van der Waals surface area contributed by atoms with Crippen molar-refractivity contribution in [3.05, 3.63) is 65.4 Å². The van der Waals surface area contributed by atoms with Crippen LogP contribution in [-0.2, 0) is 32.5 Å². The third kappa shape index (κ3) is 4.62. The molecule has 1 amide bonds. The monoisotopic (exact) mass is 454 g/mol. The van der Waals surface area contributed by atoms with E-state index in [1.165, 1.54) is 24.3 Å². The van der Waals surface area contributed by atoms with Gasteiger partial charge in [-0.1, -0.05) is 18.2 Å². The van der Waals surface area contributed by atoms with E-state index in [4.69, 9.17) is 14.9 Å². The van der Waals surface area contributed by atoms with E-state index in [1.807, 2.05) is 31.3 Å². The summed E-state index contributed by atoms with van der Waals surface area (Å²) < 4.78 is 28.0. The number of pyridine rings is 1. The minimum Gasteiger partial charge on any atom is -0.452 e. The Labute approximate surface area is 185 Å². The molecule has 0 spiro atoms. The third-order valence-corrected chi connectivity index (χ3v) is 6.17. The normalized spacial score (nSPS) is 14.1. The summed E-state index contributed by atoms with van der Waals surface area (Å²) in [6.45, 7) is 0.927. The maximum atomic E-state index is 13.0. The van der Waals surface area contributed by atoms with Gasteiger partial charge in [0.1, 0.15) is 0 Å². The number of ether oxygens (including phenoxy) is 1. The van der Waals surface area contributed by atoms with Gasteiger partial charge in [0.05, 0.1) is 16.0 Å². The lowest BCUT2D eigenvalue weighted by molar-refractivity contribution is -0.119. The average molecular weight is 455 g/mol. The Morgan fingerprint density at radius 3 is 2.59 bits per heavy atom. The molecule has 0 radical (unpaired) electrons. The van der Waals surface area contributed by atoms with Crippen molar-refractivity contribution in [3.63, 3.8) is 0 Å². The Balaban J connectivity index is 1.51. The van der Waals surface area contributed by atoms with Gasteiger partial charge >= 0.3 is 5.97 Å². The Kier molecular flexibility index (Phi) is 5.92. The first kappa shape index (κ1) is 21.9. The number of amides is 1. The van der Waals surface area contributed by atoms with Crippen LogP contribution >= 0.6 is 0 Å². The molecular weight excluding hydrogens is 432 g/mol. The molecule has 1 aliphatic heterocycles. The molecule has 0 fully saturated rings. The predicted octanol–water partition coefficient (Wildman–Crippen LogP) is 1.67. The maximum Gasteiger partial charge on any atom is 0.339 e. The van der Waals surface area contributed by atoms with Crippen LogP contribution in [0, 0.1) is 0 Å². The van der Waals surface area contributed by atoms with Gasteiger partial charge in [-0.05, 0) is 37.4 Å². The number of nitrogens with one attached hydrogen (secondary N) is 1. The molecule has 0 aliphatic carbocycles. The topological polar surface area (TPSA) is 132 Å². The number of benzene rings is 2. The van der Waals surface area contributed by atoms with Gasteiger partial charge < -0.3 is 15.0 Å². The van der Waals surface area contributed by atoms with Gasteiger partial charge in [-0.2, -0.15) is 0 Å². The molecule has 1 aliphatic rings. The van der Waals surface area contributed by atoms with Crippen molar-refractivity contribution in [2.75, 3.05) is 25.5 Å². The summed E-state index contributed by atoms with van der Waals surface area (Å²) in [6, 6.07) is 12.7. The third-order valence-electron chi connectivity index (χ3n) is 5.24. The zero-order valence-electron chi connectivity index (χ0n) is 17.4. The molecule has 0 unspecified atom stereocenters. The SMILES string of the molecule is CN1CCc2nc3ccccc3c(C(=O)OCC(=O)Nc3ccc(S(N)(=O)=O)cc3)c2C1. The molecule has 3 N–H and O–H groups in total. The fourth-order valence-electron chi connectivity index (χ4n) is 3.69. The fourth-order valence-corrected chi connectivity index (χ4v) is 4.20. The van der Waals surface area contributed by atoms with E-state index in [0.29, 0.717) is 28.7 Å². The lowest BCUT2D eigenvalue weighted by atomic mass is 9.96. The number of para-hydroxylation sites is 1. The van der Waals surface area contributed by atoms with E-state index in [9.17, 15) is 18.0 Å². The number of nitrogens with zero attached hydrogens (tertiary/aromatic N) is 2. The number of hydrogen-bond acceptors (Lipinski definition) is 7. The minimum absolute atomic E-state index is 0.0683. The highest BCUT2D eigenvalue weighted by atomic mass is 32.2. The van der Waals surface area contributed by atoms with Crippen molar-refractivity contribution in [1.82, 2.24) is 9.88 Å². The average Bonchev–Trinajstić information content (AvgIpc) is 2.75. The van der Waals surface area contributed by atoms with Crippen LogP contribution in [0.1, 0.15) is 21.6 Å². The van der Waals surface area contributed by atoms with E-state index in [-0.39, 0.29) is 4.90 Å². The van der Waals surface area contributed by atoms with Crippen molar-refractivity contribution in [2.45, 2.75) is 17.9 Å². The van der Waals surface area contributed by atoms with Gasteiger partial charge in [-0.15, -0.1) is 0 Å². The van der Waals surface area contributed by atoms with E-state index in [2.05, 4.69) is 10.2 Å². The number of hydrogen-bond donors (Lipinski definition) is 2. The Hall–Kier alpha value is -3.34. The number of esters is 1.